The van der Waals surface area contributed by atoms with Crippen molar-refractivity contribution in [3.05, 3.63) is 58.0 Å². The highest BCUT2D eigenvalue weighted by Gasteiger charge is 2.04. The standard InChI is InChI=1S/C16H15ClN2O3/c1-19-15-10-13(6-7-14(15)18-16(19)20)22-9-8-21-12-4-2-11(17)3-5-12/h2-7,10H,8-9H2,1H3,(H,18,20). The third-order valence-corrected chi connectivity index (χ3v) is 3.56. The lowest BCUT2D eigenvalue weighted by Gasteiger charge is -2.08. The van der Waals surface area contributed by atoms with E-state index in [9.17, 15) is 4.79 Å². The molecule has 114 valence electrons. The van der Waals surface area contributed by atoms with Crippen LogP contribution in [0.2, 0.25) is 5.02 Å². The fourth-order valence-corrected chi connectivity index (χ4v) is 2.27. The van der Waals surface area contributed by atoms with Crippen molar-refractivity contribution in [3.8, 4) is 11.5 Å². The molecule has 0 radical (unpaired) electrons. The van der Waals surface area contributed by atoms with Crippen LogP contribution < -0.4 is 15.2 Å². The van der Waals surface area contributed by atoms with Crippen LogP contribution in [0.3, 0.4) is 0 Å². The minimum atomic E-state index is -0.141. The Bertz CT molecular complexity index is 837. The first-order valence-electron chi connectivity index (χ1n) is 6.83. The first-order chi connectivity index (χ1) is 10.6. The molecule has 0 saturated heterocycles. The lowest BCUT2D eigenvalue weighted by molar-refractivity contribution is 0.217. The molecule has 6 heteroatoms. The number of imidazole rings is 1. The van der Waals surface area contributed by atoms with Crippen molar-refractivity contribution in [2.45, 2.75) is 0 Å². The van der Waals surface area contributed by atoms with Gasteiger partial charge in [-0.2, -0.15) is 0 Å². The number of nitrogens with zero attached hydrogens (tertiary/aromatic N) is 1. The average molecular weight is 319 g/mol. The summed E-state index contributed by atoms with van der Waals surface area (Å²) < 4.78 is 12.7. The molecule has 0 amide bonds. The molecule has 3 rings (SSSR count). The van der Waals surface area contributed by atoms with Gasteiger partial charge in [0.05, 0.1) is 11.0 Å². The van der Waals surface area contributed by atoms with Crippen molar-refractivity contribution in [2.24, 2.45) is 7.05 Å². The van der Waals surface area contributed by atoms with Crippen LogP contribution in [0.25, 0.3) is 11.0 Å². The van der Waals surface area contributed by atoms with Gasteiger partial charge in [-0.05, 0) is 36.4 Å². The maximum Gasteiger partial charge on any atom is 0.326 e. The van der Waals surface area contributed by atoms with Crippen LogP contribution in [0.15, 0.2) is 47.3 Å². The van der Waals surface area contributed by atoms with E-state index >= 15 is 0 Å². The van der Waals surface area contributed by atoms with Crippen LogP contribution in [-0.4, -0.2) is 22.8 Å². The van der Waals surface area contributed by atoms with E-state index in [1.54, 1.807) is 23.7 Å². The van der Waals surface area contributed by atoms with Gasteiger partial charge in [0.1, 0.15) is 24.7 Å². The van der Waals surface area contributed by atoms with Gasteiger partial charge in [0, 0.05) is 18.1 Å². The minimum Gasteiger partial charge on any atom is -0.490 e. The van der Waals surface area contributed by atoms with Crippen LogP contribution in [0.1, 0.15) is 0 Å². The summed E-state index contributed by atoms with van der Waals surface area (Å²) in [6.45, 7) is 0.832. The Hall–Kier alpha value is -2.40. The summed E-state index contributed by atoms with van der Waals surface area (Å²) in [6, 6.07) is 12.6. The molecule has 0 saturated carbocycles. The average Bonchev–Trinajstić information content (AvgIpc) is 2.80. The number of rotatable bonds is 5. The fraction of sp³-hybridized carbons (Fsp3) is 0.188. The molecule has 5 nitrogen and oxygen atoms in total. The first kappa shape index (κ1) is 14.5. The number of H-pyrrole nitrogens is 1. The highest BCUT2D eigenvalue weighted by atomic mass is 35.5. The topological polar surface area (TPSA) is 56.2 Å². The van der Waals surface area contributed by atoms with Crippen molar-refractivity contribution < 1.29 is 9.47 Å². The number of aryl methyl sites for hydroxylation is 1. The van der Waals surface area contributed by atoms with Crippen LogP contribution in [0, 0.1) is 0 Å². The normalized spacial score (nSPS) is 10.8. The molecule has 0 aliphatic rings. The van der Waals surface area contributed by atoms with E-state index in [4.69, 9.17) is 21.1 Å². The number of aromatic amines is 1. The van der Waals surface area contributed by atoms with Gasteiger partial charge in [0.15, 0.2) is 0 Å². The van der Waals surface area contributed by atoms with Gasteiger partial charge in [-0.1, -0.05) is 11.6 Å². The summed E-state index contributed by atoms with van der Waals surface area (Å²) in [5.41, 5.74) is 1.46. The summed E-state index contributed by atoms with van der Waals surface area (Å²) in [5.74, 6) is 1.44. The maximum absolute atomic E-state index is 11.5. The number of halogens is 1. The molecule has 2 aromatic carbocycles. The number of aromatic nitrogens is 2. The highest BCUT2D eigenvalue weighted by Crippen LogP contribution is 2.18. The Morgan fingerprint density at radius 1 is 1.05 bits per heavy atom. The predicted molar refractivity (Wildman–Crippen MR) is 86.0 cm³/mol. The minimum absolute atomic E-state index is 0.141. The molecule has 0 unspecified atom stereocenters. The molecule has 3 aromatic rings. The molecule has 0 bridgehead atoms. The molecular weight excluding hydrogens is 304 g/mol. The third-order valence-electron chi connectivity index (χ3n) is 3.31. The van der Waals surface area contributed by atoms with Crippen molar-refractivity contribution in [1.29, 1.82) is 0 Å². The molecule has 1 aromatic heterocycles. The number of nitrogens with one attached hydrogen (secondary N) is 1. The second-order valence-electron chi connectivity index (χ2n) is 4.82. The number of benzene rings is 2. The van der Waals surface area contributed by atoms with Gasteiger partial charge < -0.3 is 14.5 Å². The van der Waals surface area contributed by atoms with Crippen molar-refractivity contribution >= 4 is 22.6 Å². The van der Waals surface area contributed by atoms with E-state index in [0.717, 1.165) is 16.8 Å². The lowest BCUT2D eigenvalue weighted by Crippen LogP contribution is -2.12. The van der Waals surface area contributed by atoms with Crippen molar-refractivity contribution in [3.63, 3.8) is 0 Å². The molecule has 22 heavy (non-hydrogen) atoms. The highest BCUT2D eigenvalue weighted by molar-refractivity contribution is 6.30. The maximum atomic E-state index is 11.5. The van der Waals surface area contributed by atoms with Crippen LogP contribution in [0.4, 0.5) is 0 Å². The van der Waals surface area contributed by atoms with E-state index < -0.39 is 0 Å². The molecular formula is C16H15ClN2O3. The largest absolute Gasteiger partial charge is 0.490 e. The van der Waals surface area contributed by atoms with Crippen LogP contribution >= 0.6 is 11.6 Å². The van der Waals surface area contributed by atoms with Gasteiger partial charge in [-0.15, -0.1) is 0 Å². The van der Waals surface area contributed by atoms with Gasteiger partial charge in [-0.25, -0.2) is 4.79 Å². The summed E-state index contributed by atoms with van der Waals surface area (Å²) in [4.78, 5) is 14.3. The summed E-state index contributed by atoms with van der Waals surface area (Å²) >= 11 is 5.81. The Balaban J connectivity index is 1.58. The van der Waals surface area contributed by atoms with Crippen molar-refractivity contribution in [2.75, 3.05) is 13.2 Å². The molecule has 0 aliphatic carbocycles. The van der Waals surface area contributed by atoms with E-state index in [2.05, 4.69) is 4.98 Å². The summed E-state index contributed by atoms with van der Waals surface area (Å²) in [7, 11) is 1.72. The lowest BCUT2D eigenvalue weighted by atomic mass is 10.3. The van der Waals surface area contributed by atoms with E-state index in [0.29, 0.717) is 24.0 Å². The molecule has 1 heterocycles. The second kappa shape index (κ2) is 6.15. The quantitative estimate of drug-likeness (QED) is 0.736. The summed E-state index contributed by atoms with van der Waals surface area (Å²) in [5, 5.41) is 0.675. The van der Waals surface area contributed by atoms with E-state index in [-0.39, 0.29) is 5.69 Å². The Kier molecular flexibility index (Phi) is 4.06. The zero-order chi connectivity index (χ0) is 15.5. The second-order valence-corrected chi connectivity index (χ2v) is 5.26. The number of hydrogen-bond acceptors (Lipinski definition) is 3. The zero-order valence-corrected chi connectivity index (χ0v) is 12.8. The molecule has 0 fully saturated rings. The van der Waals surface area contributed by atoms with Gasteiger partial charge in [0.2, 0.25) is 0 Å². The number of fused-ring (bicyclic) bond motifs is 1. The van der Waals surface area contributed by atoms with Crippen molar-refractivity contribution in [1.82, 2.24) is 9.55 Å². The van der Waals surface area contributed by atoms with E-state index in [1.807, 2.05) is 30.3 Å². The number of hydrogen-bond donors (Lipinski definition) is 1. The van der Waals surface area contributed by atoms with Gasteiger partial charge >= 0.3 is 5.69 Å². The Morgan fingerprint density at radius 3 is 2.41 bits per heavy atom. The molecule has 0 aliphatic heterocycles. The van der Waals surface area contributed by atoms with Gasteiger partial charge in [0.25, 0.3) is 0 Å². The smallest absolute Gasteiger partial charge is 0.326 e. The number of ether oxygens (including phenoxy) is 2. The first-order valence-corrected chi connectivity index (χ1v) is 7.21. The monoisotopic (exact) mass is 318 g/mol. The fourth-order valence-electron chi connectivity index (χ4n) is 2.14. The Labute approximate surface area is 132 Å². The third kappa shape index (κ3) is 3.09. The SMILES string of the molecule is Cn1c(=O)[nH]c2ccc(OCCOc3ccc(Cl)cc3)cc21. The molecule has 0 atom stereocenters. The van der Waals surface area contributed by atoms with E-state index in [1.165, 1.54) is 0 Å². The van der Waals surface area contributed by atoms with Crippen LogP contribution in [0.5, 0.6) is 11.5 Å². The molecule has 0 spiro atoms. The zero-order valence-electron chi connectivity index (χ0n) is 12.0. The van der Waals surface area contributed by atoms with Gasteiger partial charge in [-0.3, -0.25) is 4.57 Å². The van der Waals surface area contributed by atoms with Crippen LogP contribution in [-0.2, 0) is 7.05 Å². The predicted octanol–water partition coefficient (Wildman–Crippen LogP) is 2.98. The Morgan fingerprint density at radius 2 is 1.68 bits per heavy atom. The summed E-state index contributed by atoms with van der Waals surface area (Å²) in [6.07, 6.45) is 0. The molecule has 1 N–H and O–H groups in total.